The number of thiazole rings is 1. The number of hydrogen-bond acceptors (Lipinski definition) is 7. The first-order chi connectivity index (χ1) is 19.2. The van der Waals surface area contributed by atoms with Crippen molar-refractivity contribution in [2.75, 3.05) is 25.5 Å². The summed E-state index contributed by atoms with van der Waals surface area (Å²) in [6.45, 7) is 1.88. The van der Waals surface area contributed by atoms with Crippen molar-refractivity contribution in [1.82, 2.24) is 29.6 Å². The quantitative estimate of drug-likeness (QED) is 0.291. The highest BCUT2D eigenvalue weighted by molar-refractivity contribution is 7.15. The monoisotopic (exact) mass is 539 g/mol. The molecule has 6 rings (SSSR count). The maximum atomic E-state index is 12.6. The molecule has 1 aliphatic heterocycles. The molecule has 0 saturated carbocycles. The van der Waals surface area contributed by atoms with E-state index in [1.807, 2.05) is 77.1 Å². The summed E-state index contributed by atoms with van der Waals surface area (Å²) in [7, 11) is 1.66. The van der Waals surface area contributed by atoms with E-state index < -0.39 is 0 Å². The normalized spacial score (nSPS) is 13.9. The number of piperidine rings is 1. The van der Waals surface area contributed by atoms with E-state index in [-0.39, 0.29) is 12.1 Å². The Morgan fingerprint density at radius 3 is 2.74 bits per heavy atom. The van der Waals surface area contributed by atoms with Crippen LogP contribution in [0, 0.1) is 0 Å². The van der Waals surface area contributed by atoms with Gasteiger partial charge in [-0.3, -0.25) is 4.40 Å². The second-order valence-corrected chi connectivity index (χ2v) is 10.3. The molecule has 4 heterocycles. The minimum atomic E-state index is -0.0267. The van der Waals surface area contributed by atoms with Crippen LogP contribution in [0.1, 0.15) is 18.4 Å². The number of rotatable bonds is 7. The maximum Gasteiger partial charge on any atom is 0.317 e. The minimum absolute atomic E-state index is 0.0267. The zero-order chi connectivity index (χ0) is 26.6. The molecule has 198 valence electrons. The molecule has 0 bridgehead atoms. The van der Waals surface area contributed by atoms with Gasteiger partial charge < -0.3 is 20.3 Å². The van der Waals surface area contributed by atoms with Crippen molar-refractivity contribution in [2.24, 2.45) is 0 Å². The van der Waals surface area contributed by atoms with Gasteiger partial charge >= 0.3 is 6.03 Å². The van der Waals surface area contributed by atoms with E-state index in [0.717, 1.165) is 51.8 Å². The number of imidazole rings is 1. The summed E-state index contributed by atoms with van der Waals surface area (Å²) in [6, 6.07) is 19.9. The number of likely N-dealkylation sites (tertiary alicyclic amines) is 1. The molecular weight excluding hydrogens is 510 g/mol. The van der Waals surface area contributed by atoms with Crippen LogP contribution < -0.4 is 15.4 Å². The van der Waals surface area contributed by atoms with Gasteiger partial charge in [0.25, 0.3) is 0 Å². The predicted octanol–water partition coefficient (Wildman–Crippen LogP) is 5.31. The van der Waals surface area contributed by atoms with Gasteiger partial charge in [-0.05, 0) is 36.6 Å². The summed E-state index contributed by atoms with van der Waals surface area (Å²) in [4.78, 5) is 29.7. The van der Waals surface area contributed by atoms with Crippen LogP contribution in [0.3, 0.4) is 0 Å². The molecule has 0 spiro atoms. The van der Waals surface area contributed by atoms with Crippen molar-refractivity contribution in [3.8, 4) is 28.4 Å². The Morgan fingerprint density at radius 2 is 1.92 bits per heavy atom. The van der Waals surface area contributed by atoms with E-state index in [2.05, 4.69) is 20.0 Å². The van der Waals surface area contributed by atoms with Crippen LogP contribution in [-0.4, -0.2) is 56.5 Å². The number of nitrogens with one attached hydrogen (secondary N) is 2. The lowest BCUT2D eigenvalue weighted by molar-refractivity contribution is 0.183. The molecule has 0 aliphatic carbocycles. The van der Waals surface area contributed by atoms with E-state index in [4.69, 9.17) is 14.7 Å². The molecule has 9 nitrogen and oxygen atoms in total. The highest BCUT2D eigenvalue weighted by atomic mass is 32.1. The molecule has 10 heteroatoms. The SMILES string of the molecule is COc1cccc(-c2nc3sccn3c2-c2ccnc(NC3CCN(C(=O)NCc4ccccc4)CC3)n2)c1. The Morgan fingerprint density at radius 1 is 1.08 bits per heavy atom. The average molecular weight is 540 g/mol. The highest BCUT2D eigenvalue weighted by Gasteiger charge is 2.24. The highest BCUT2D eigenvalue weighted by Crippen LogP contribution is 2.35. The lowest BCUT2D eigenvalue weighted by Crippen LogP contribution is -2.46. The van der Waals surface area contributed by atoms with Gasteiger partial charge in [-0.1, -0.05) is 42.5 Å². The average Bonchev–Trinajstić information content (AvgIpc) is 3.59. The van der Waals surface area contributed by atoms with E-state index in [1.165, 1.54) is 0 Å². The third-order valence-electron chi connectivity index (χ3n) is 6.91. The van der Waals surface area contributed by atoms with Crippen LogP contribution in [0.15, 0.2) is 78.4 Å². The van der Waals surface area contributed by atoms with Crippen LogP contribution >= 0.6 is 11.3 Å². The summed E-state index contributed by atoms with van der Waals surface area (Å²) >= 11 is 1.58. The van der Waals surface area contributed by atoms with E-state index >= 15 is 0 Å². The summed E-state index contributed by atoms with van der Waals surface area (Å²) in [6.07, 6.45) is 5.43. The number of carbonyl (C=O) groups is 1. The maximum absolute atomic E-state index is 12.6. The van der Waals surface area contributed by atoms with Crippen LogP contribution in [0.5, 0.6) is 5.75 Å². The van der Waals surface area contributed by atoms with Gasteiger partial charge in [-0.2, -0.15) is 0 Å². The van der Waals surface area contributed by atoms with Gasteiger partial charge in [0.15, 0.2) is 4.96 Å². The van der Waals surface area contributed by atoms with Gasteiger partial charge in [0.2, 0.25) is 5.95 Å². The third-order valence-corrected chi connectivity index (χ3v) is 7.66. The number of benzene rings is 2. The lowest BCUT2D eigenvalue weighted by Gasteiger charge is -2.32. The van der Waals surface area contributed by atoms with Gasteiger partial charge in [0, 0.05) is 49.0 Å². The first-order valence-corrected chi connectivity index (χ1v) is 13.8. The Labute approximate surface area is 230 Å². The summed E-state index contributed by atoms with van der Waals surface area (Å²) in [5.41, 5.74) is 4.60. The predicted molar refractivity (Wildman–Crippen MR) is 153 cm³/mol. The van der Waals surface area contributed by atoms with Gasteiger partial charge in [0.05, 0.1) is 18.5 Å². The Kier molecular flexibility index (Phi) is 7.09. The van der Waals surface area contributed by atoms with Gasteiger partial charge in [-0.25, -0.2) is 19.7 Å². The lowest BCUT2D eigenvalue weighted by atomic mass is 10.1. The van der Waals surface area contributed by atoms with Crippen LogP contribution in [0.4, 0.5) is 10.7 Å². The molecule has 0 atom stereocenters. The molecule has 5 aromatic rings. The van der Waals surface area contributed by atoms with Crippen LogP contribution in [0.2, 0.25) is 0 Å². The van der Waals surface area contributed by atoms with E-state index in [1.54, 1.807) is 24.6 Å². The molecule has 1 fully saturated rings. The number of methoxy groups -OCH3 is 1. The molecule has 1 saturated heterocycles. The van der Waals surface area contributed by atoms with Crippen molar-refractivity contribution in [3.63, 3.8) is 0 Å². The Hall–Kier alpha value is -4.44. The number of nitrogens with zero attached hydrogens (tertiary/aromatic N) is 5. The Balaban J connectivity index is 1.15. The zero-order valence-corrected chi connectivity index (χ0v) is 22.4. The zero-order valence-electron chi connectivity index (χ0n) is 21.6. The number of anilines is 1. The fourth-order valence-electron chi connectivity index (χ4n) is 4.86. The van der Waals surface area contributed by atoms with Crippen molar-refractivity contribution in [1.29, 1.82) is 0 Å². The van der Waals surface area contributed by atoms with E-state index in [9.17, 15) is 4.79 Å². The van der Waals surface area contributed by atoms with Gasteiger partial charge in [-0.15, -0.1) is 11.3 Å². The number of aromatic nitrogens is 4. The summed E-state index contributed by atoms with van der Waals surface area (Å²) in [5, 5.41) is 8.53. The second kappa shape index (κ2) is 11.1. The minimum Gasteiger partial charge on any atom is -0.497 e. The molecule has 39 heavy (non-hydrogen) atoms. The standard InChI is InChI=1S/C29H29N7O2S/c1-38-23-9-5-8-21(18-23)25-26(36-16-17-39-29(36)34-25)24-10-13-30-27(33-24)32-22-11-14-35(15-12-22)28(37)31-19-20-6-3-2-4-7-20/h2-10,13,16-18,22H,11-12,14-15,19H2,1H3,(H,31,37)(H,30,32,33). The number of amides is 2. The molecule has 1 aliphatic rings. The topological polar surface area (TPSA) is 96.7 Å². The second-order valence-electron chi connectivity index (χ2n) is 9.41. The molecule has 0 radical (unpaired) electrons. The van der Waals surface area contributed by atoms with Crippen molar-refractivity contribution in [3.05, 3.63) is 84.0 Å². The Bertz CT molecular complexity index is 1580. The molecule has 2 aromatic carbocycles. The first-order valence-electron chi connectivity index (χ1n) is 12.9. The van der Waals surface area contributed by atoms with E-state index in [0.29, 0.717) is 25.6 Å². The molecule has 2 N–H and O–H groups in total. The fourth-order valence-corrected chi connectivity index (χ4v) is 5.57. The third kappa shape index (κ3) is 5.42. The van der Waals surface area contributed by atoms with Crippen molar-refractivity contribution < 1.29 is 9.53 Å². The van der Waals surface area contributed by atoms with Crippen LogP contribution in [-0.2, 0) is 6.54 Å². The number of hydrogen-bond donors (Lipinski definition) is 2. The molecule has 3 aromatic heterocycles. The summed E-state index contributed by atoms with van der Waals surface area (Å²) < 4.78 is 7.51. The molecule has 0 unspecified atom stereocenters. The smallest absolute Gasteiger partial charge is 0.317 e. The number of carbonyl (C=O) groups excluding carboxylic acids is 1. The molecule has 2 amide bonds. The largest absolute Gasteiger partial charge is 0.497 e. The number of ether oxygens (including phenoxy) is 1. The van der Waals surface area contributed by atoms with Crippen LogP contribution in [0.25, 0.3) is 27.6 Å². The number of urea groups is 1. The first kappa shape index (κ1) is 24.9. The fraction of sp³-hybridized carbons (Fsp3) is 0.241. The molecular formula is C29H29N7O2S. The van der Waals surface area contributed by atoms with Crippen molar-refractivity contribution in [2.45, 2.75) is 25.4 Å². The number of fused-ring (bicyclic) bond motifs is 1. The summed E-state index contributed by atoms with van der Waals surface area (Å²) in [5.74, 6) is 1.35. The van der Waals surface area contributed by atoms with Gasteiger partial charge in [0.1, 0.15) is 11.4 Å². The van der Waals surface area contributed by atoms with Crippen molar-refractivity contribution >= 4 is 28.3 Å².